The van der Waals surface area contributed by atoms with Crippen molar-refractivity contribution in [2.24, 2.45) is 0 Å². The van der Waals surface area contributed by atoms with Gasteiger partial charge in [-0.15, -0.1) is 0 Å². The van der Waals surface area contributed by atoms with E-state index < -0.39 is 36.2 Å². The number of hydrogen-bond acceptors (Lipinski definition) is 10. The normalized spacial score (nSPS) is 12.4. The Morgan fingerprint density at radius 1 is 0.513 bits per heavy atom. The topological polar surface area (TPSA) is 132 Å². The maximum Gasteiger partial charge on any atom is 0.306 e. The lowest BCUT2D eigenvalue weighted by Crippen LogP contribution is -2.34. The maximum atomic E-state index is 12.2. The van der Waals surface area contributed by atoms with Gasteiger partial charge in [0.2, 0.25) is 0 Å². The molecule has 0 spiro atoms. The van der Waals surface area contributed by atoms with Crippen LogP contribution in [0.25, 0.3) is 0 Å². The highest BCUT2D eigenvalue weighted by Crippen LogP contribution is 2.21. The minimum absolute atomic E-state index is 0.176. The van der Waals surface area contributed by atoms with E-state index in [9.17, 15) is 24.0 Å². The molecule has 226 valence electrons. The van der Waals surface area contributed by atoms with Crippen LogP contribution < -0.4 is 0 Å². The molecule has 0 fully saturated rings. The van der Waals surface area contributed by atoms with Crippen LogP contribution in [0, 0.1) is 0 Å². The van der Waals surface area contributed by atoms with Gasteiger partial charge >= 0.3 is 29.8 Å². The highest BCUT2D eigenvalue weighted by molar-refractivity contribution is 5.70. The molecule has 0 heterocycles. The van der Waals surface area contributed by atoms with Gasteiger partial charge in [0.25, 0.3) is 0 Å². The van der Waals surface area contributed by atoms with Crippen molar-refractivity contribution in [3.63, 3.8) is 0 Å². The molecule has 0 aliphatic carbocycles. The summed E-state index contributed by atoms with van der Waals surface area (Å²) in [7, 11) is 0. The van der Waals surface area contributed by atoms with Crippen LogP contribution in [-0.2, 0) is 47.7 Å². The first-order chi connectivity index (χ1) is 18.5. The summed E-state index contributed by atoms with van der Waals surface area (Å²) in [4.78, 5) is 57.6. The second kappa shape index (κ2) is 23.3. The minimum Gasteiger partial charge on any atom is -0.462 e. The molecule has 2 atom stereocenters. The molecule has 0 saturated carbocycles. The minimum atomic E-state index is -0.843. The number of carbonyl (C=O) groups is 5. The Morgan fingerprint density at radius 3 is 1.33 bits per heavy atom. The van der Waals surface area contributed by atoms with E-state index in [1.54, 1.807) is 0 Å². The van der Waals surface area contributed by atoms with Crippen molar-refractivity contribution in [3.8, 4) is 0 Å². The van der Waals surface area contributed by atoms with E-state index >= 15 is 0 Å². The van der Waals surface area contributed by atoms with Gasteiger partial charge in [-0.25, -0.2) is 0 Å². The Kier molecular flexibility index (Phi) is 21.7. The molecule has 0 aliphatic heterocycles. The number of hydrogen-bond donors (Lipinski definition) is 0. The van der Waals surface area contributed by atoms with Gasteiger partial charge in [0, 0.05) is 34.1 Å². The van der Waals surface area contributed by atoms with E-state index in [-0.39, 0.29) is 31.6 Å². The smallest absolute Gasteiger partial charge is 0.306 e. The summed E-state index contributed by atoms with van der Waals surface area (Å²) < 4.78 is 26.1. The molecular formula is C29H50O10. The highest BCUT2D eigenvalue weighted by Gasteiger charge is 2.26. The molecule has 10 nitrogen and oxygen atoms in total. The second-order valence-corrected chi connectivity index (χ2v) is 9.88. The summed E-state index contributed by atoms with van der Waals surface area (Å²) in [6.45, 7) is 7.05. The Morgan fingerprint density at radius 2 is 0.923 bits per heavy atom. The Balaban J connectivity index is 4.46. The van der Waals surface area contributed by atoms with Gasteiger partial charge in [0.05, 0.1) is 0 Å². The lowest BCUT2D eigenvalue weighted by atomic mass is 9.99. The van der Waals surface area contributed by atoms with Gasteiger partial charge in [-0.2, -0.15) is 0 Å². The summed E-state index contributed by atoms with van der Waals surface area (Å²) in [5.74, 6) is -2.25. The summed E-state index contributed by atoms with van der Waals surface area (Å²) in [6.07, 6.45) is 10.4. The lowest BCUT2D eigenvalue weighted by molar-refractivity contribution is -0.166. The van der Waals surface area contributed by atoms with Crippen molar-refractivity contribution >= 4 is 29.8 Å². The van der Waals surface area contributed by atoms with E-state index in [0.29, 0.717) is 19.3 Å². The van der Waals surface area contributed by atoms with Gasteiger partial charge < -0.3 is 23.7 Å². The molecule has 0 aliphatic rings. The van der Waals surface area contributed by atoms with E-state index in [0.717, 1.165) is 44.9 Å². The largest absolute Gasteiger partial charge is 0.462 e. The van der Waals surface area contributed by atoms with Gasteiger partial charge in [-0.3, -0.25) is 24.0 Å². The first-order valence-electron chi connectivity index (χ1n) is 14.4. The van der Waals surface area contributed by atoms with Crippen LogP contribution in [0.2, 0.25) is 0 Å². The molecule has 0 rings (SSSR count). The number of unbranched alkanes of at least 4 members (excludes halogenated alkanes) is 9. The second-order valence-electron chi connectivity index (χ2n) is 9.88. The van der Waals surface area contributed by atoms with Crippen LogP contribution in [0.1, 0.15) is 125 Å². The van der Waals surface area contributed by atoms with Crippen LogP contribution >= 0.6 is 0 Å². The third-order valence-electron chi connectivity index (χ3n) is 6.00. The Hall–Kier alpha value is -2.65. The average Bonchev–Trinajstić information content (AvgIpc) is 2.85. The highest BCUT2D eigenvalue weighted by atomic mass is 16.6. The molecule has 0 aromatic rings. The molecule has 39 heavy (non-hydrogen) atoms. The lowest BCUT2D eigenvalue weighted by Gasteiger charge is -2.26. The number of rotatable bonds is 23. The monoisotopic (exact) mass is 558 g/mol. The number of ether oxygens (including phenoxy) is 5. The fourth-order valence-electron chi connectivity index (χ4n) is 4.12. The van der Waals surface area contributed by atoms with Crippen molar-refractivity contribution in [1.82, 2.24) is 0 Å². The average molecular weight is 559 g/mol. The zero-order valence-electron chi connectivity index (χ0n) is 24.6. The predicted octanol–water partition coefficient (Wildman–Crippen LogP) is 5.37. The van der Waals surface area contributed by atoms with Crippen molar-refractivity contribution in [2.45, 2.75) is 143 Å². The van der Waals surface area contributed by atoms with Crippen LogP contribution in [0.15, 0.2) is 0 Å². The zero-order chi connectivity index (χ0) is 29.5. The molecule has 0 radical (unpaired) electrons. The van der Waals surface area contributed by atoms with Gasteiger partial charge in [0.1, 0.15) is 25.4 Å². The van der Waals surface area contributed by atoms with E-state index in [2.05, 4.69) is 6.92 Å². The third-order valence-corrected chi connectivity index (χ3v) is 6.00. The fourth-order valence-corrected chi connectivity index (χ4v) is 4.12. The van der Waals surface area contributed by atoms with Crippen molar-refractivity contribution in [3.05, 3.63) is 0 Å². The number of carbonyl (C=O) groups excluding carboxylic acids is 5. The molecule has 0 amide bonds. The molecule has 2 unspecified atom stereocenters. The first-order valence-corrected chi connectivity index (χ1v) is 14.4. The summed E-state index contributed by atoms with van der Waals surface area (Å²) >= 11 is 0. The molecule has 10 heteroatoms. The predicted molar refractivity (Wildman–Crippen MR) is 145 cm³/mol. The summed E-state index contributed by atoms with van der Waals surface area (Å²) in [6, 6.07) is 0. The molecule has 0 bridgehead atoms. The molecule has 0 saturated heterocycles. The van der Waals surface area contributed by atoms with E-state index in [4.69, 9.17) is 23.7 Å². The van der Waals surface area contributed by atoms with Crippen molar-refractivity contribution in [2.75, 3.05) is 13.2 Å². The first kappa shape index (κ1) is 36.4. The molecule has 0 aromatic carbocycles. The summed E-state index contributed by atoms with van der Waals surface area (Å²) in [5.41, 5.74) is 0. The molecular weight excluding hydrogens is 508 g/mol. The molecule has 0 N–H and O–H groups in total. The Bertz CT molecular complexity index is 703. The quantitative estimate of drug-likeness (QED) is 0.0916. The SMILES string of the molecule is CCCCCCCCC(OC(C)=O)C(CCCCCCCC(=O)OC(COC(C)=O)COC(C)=O)OC(C)=O. The standard InChI is InChI=1S/C29H50O10/c1-6-7-8-9-11-14-17-27(37-24(4)32)28(38-25(5)33)18-15-12-10-13-16-19-29(34)39-26(20-35-22(2)30)21-36-23(3)31/h26-28H,6-21H2,1-5H3. The maximum absolute atomic E-state index is 12.2. The zero-order valence-corrected chi connectivity index (χ0v) is 24.6. The third kappa shape index (κ3) is 23.0. The van der Waals surface area contributed by atoms with Gasteiger partial charge in [0.15, 0.2) is 6.10 Å². The van der Waals surface area contributed by atoms with Crippen LogP contribution in [0.3, 0.4) is 0 Å². The van der Waals surface area contributed by atoms with E-state index in [1.807, 2.05) is 0 Å². The Labute approximate surface area is 233 Å². The van der Waals surface area contributed by atoms with Gasteiger partial charge in [-0.05, 0) is 32.1 Å². The fraction of sp³-hybridized carbons (Fsp3) is 0.828. The van der Waals surface area contributed by atoms with Gasteiger partial charge in [-0.1, -0.05) is 58.3 Å². The van der Waals surface area contributed by atoms with Crippen LogP contribution in [0.4, 0.5) is 0 Å². The summed E-state index contributed by atoms with van der Waals surface area (Å²) in [5, 5.41) is 0. The van der Waals surface area contributed by atoms with E-state index in [1.165, 1.54) is 47.0 Å². The van der Waals surface area contributed by atoms with Crippen LogP contribution in [-0.4, -0.2) is 61.4 Å². The van der Waals surface area contributed by atoms with Crippen molar-refractivity contribution < 1.29 is 47.7 Å². The molecule has 0 aromatic heterocycles. The van der Waals surface area contributed by atoms with Crippen molar-refractivity contribution in [1.29, 1.82) is 0 Å². The van der Waals surface area contributed by atoms with Crippen LogP contribution in [0.5, 0.6) is 0 Å². The number of esters is 5.